The molecule has 21 heteroatoms. The molecule has 1 unspecified atom stereocenters. The summed E-state index contributed by atoms with van der Waals surface area (Å²) in [5.41, 5.74) is 0.788. The summed E-state index contributed by atoms with van der Waals surface area (Å²) in [5.74, 6) is -16.4. The van der Waals surface area contributed by atoms with Crippen LogP contribution in [0.5, 0.6) is 11.5 Å². The van der Waals surface area contributed by atoms with E-state index < -0.39 is 54.6 Å². The molecule has 2 aromatic rings. The third-order valence-corrected chi connectivity index (χ3v) is 5.13. The van der Waals surface area contributed by atoms with Gasteiger partial charge in [-0.25, -0.2) is 9.47 Å². The van der Waals surface area contributed by atoms with Crippen LogP contribution < -0.4 is 9.47 Å². The van der Waals surface area contributed by atoms with E-state index in [9.17, 15) is 70.2 Å². The molecule has 0 spiro atoms. The van der Waals surface area contributed by atoms with Crippen molar-refractivity contribution in [2.75, 3.05) is 6.61 Å². The average molecular weight is 695 g/mol. The molecule has 2 aromatic carbocycles. The second-order valence-electron chi connectivity index (χ2n) is 8.54. The summed E-state index contributed by atoms with van der Waals surface area (Å²) >= 11 is 5.75. The summed E-state index contributed by atoms with van der Waals surface area (Å²) in [6, 6.07) is 9.77. The highest BCUT2D eigenvalue weighted by atomic mass is 35.5. The van der Waals surface area contributed by atoms with Gasteiger partial charge in [0.1, 0.15) is 18.1 Å². The van der Waals surface area contributed by atoms with Gasteiger partial charge in [0.25, 0.3) is 0 Å². The molecule has 4 nitrogen and oxygen atoms in total. The second kappa shape index (κ2) is 12.5. The Bertz CT molecular complexity index is 1230. The van der Waals surface area contributed by atoms with E-state index in [4.69, 9.17) is 16.3 Å². The molecular weight excluding hydrogens is 680 g/mol. The van der Waals surface area contributed by atoms with Crippen molar-refractivity contribution in [2.24, 2.45) is 0 Å². The molecule has 0 saturated heterocycles. The lowest BCUT2D eigenvalue weighted by atomic mass is 10.1. The van der Waals surface area contributed by atoms with Gasteiger partial charge in [-0.3, -0.25) is 0 Å². The van der Waals surface area contributed by atoms with Crippen LogP contribution in [0.2, 0.25) is 0 Å². The Morgan fingerprint density at radius 1 is 0.591 bits per heavy atom. The first kappa shape index (κ1) is 37.3. The maximum Gasteiger partial charge on any atom is 0.460 e. The summed E-state index contributed by atoms with van der Waals surface area (Å²) in [4.78, 5) is 0. The van der Waals surface area contributed by atoms with E-state index in [-0.39, 0.29) is 12.0 Å². The number of hydrogen-bond donors (Lipinski definition) is 0. The Morgan fingerprint density at radius 2 is 1.00 bits per heavy atom. The van der Waals surface area contributed by atoms with Crippen molar-refractivity contribution < 1.29 is 89.2 Å². The van der Waals surface area contributed by atoms with E-state index >= 15 is 0 Å². The number of hydrogen-bond acceptors (Lipinski definition) is 4. The topological polar surface area (TPSA) is 36.9 Å². The summed E-state index contributed by atoms with van der Waals surface area (Å²) in [6.07, 6.45) is -40.9. The average Bonchev–Trinajstić information content (AvgIpc) is 2.86. The second-order valence-corrected chi connectivity index (χ2v) is 9.28. The van der Waals surface area contributed by atoms with Crippen molar-refractivity contribution >= 4 is 11.6 Å². The zero-order valence-corrected chi connectivity index (χ0v) is 21.8. The standard InChI is InChI=1S/C23H15ClF16O4/c1-11(24)10-41-14-6-2-12(3-7-14)13-4-8-15(9-5-13)42-16(25)17(26,27)43-22(37,38)23(39,40)44-21(35,36)19(30,31)18(28,29)20(32,33)34/h2-9,11,16H,10H2,1H3/t11-,16?/m0/s1. The van der Waals surface area contributed by atoms with Crippen molar-refractivity contribution in [1.82, 2.24) is 0 Å². The highest BCUT2D eigenvalue weighted by Gasteiger charge is 2.85. The van der Waals surface area contributed by atoms with Gasteiger partial charge in [0.05, 0.1) is 5.38 Å². The van der Waals surface area contributed by atoms with Gasteiger partial charge in [0, 0.05) is 0 Å². The minimum absolute atomic E-state index is 0.172. The first-order chi connectivity index (χ1) is 19.7. The molecule has 0 heterocycles. The van der Waals surface area contributed by atoms with Gasteiger partial charge >= 0.3 is 48.8 Å². The van der Waals surface area contributed by atoms with Crippen molar-refractivity contribution in [1.29, 1.82) is 0 Å². The molecular formula is C23H15ClF16O4. The van der Waals surface area contributed by atoms with Gasteiger partial charge in [-0.1, -0.05) is 24.3 Å². The number of alkyl halides is 17. The molecule has 2 rings (SSSR count). The third-order valence-electron chi connectivity index (χ3n) is 5.00. The normalized spacial score (nSPS) is 15.6. The molecule has 0 amide bonds. The molecule has 0 aliphatic rings. The molecule has 44 heavy (non-hydrogen) atoms. The summed E-state index contributed by atoms with van der Waals surface area (Å²) in [6.45, 7) is 1.84. The minimum atomic E-state index is -8.00. The summed E-state index contributed by atoms with van der Waals surface area (Å²) < 4.78 is 223. The maximum atomic E-state index is 14.0. The van der Waals surface area contributed by atoms with Gasteiger partial charge in [-0.2, -0.15) is 70.2 Å². The fourth-order valence-corrected chi connectivity index (χ4v) is 2.85. The van der Waals surface area contributed by atoms with Crippen LogP contribution in [0.25, 0.3) is 11.1 Å². The molecule has 0 radical (unpaired) electrons. The Labute approximate surface area is 240 Å². The Morgan fingerprint density at radius 3 is 1.41 bits per heavy atom. The van der Waals surface area contributed by atoms with Gasteiger partial charge in [0.2, 0.25) is 0 Å². The predicted molar refractivity (Wildman–Crippen MR) is 116 cm³/mol. The molecule has 0 aliphatic heterocycles. The Kier molecular flexibility index (Phi) is 10.6. The van der Waals surface area contributed by atoms with Gasteiger partial charge in [-0.05, 0) is 42.3 Å². The first-order valence-electron chi connectivity index (χ1n) is 11.2. The third kappa shape index (κ3) is 8.04. The van der Waals surface area contributed by atoms with Crippen molar-refractivity contribution in [3.63, 3.8) is 0 Å². The molecule has 250 valence electrons. The van der Waals surface area contributed by atoms with E-state index in [0.717, 1.165) is 24.3 Å². The largest absolute Gasteiger partial charge is 0.492 e. The zero-order valence-electron chi connectivity index (χ0n) is 21.0. The number of halogens is 17. The molecule has 2 atom stereocenters. The van der Waals surface area contributed by atoms with E-state index in [0.29, 0.717) is 16.9 Å². The van der Waals surface area contributed by atoms with Crippen LogP contribution >= 0.6 is 11.6 Å². The van der Waals surface area contributed by atoms with Crippen LogP contribution in [0, 0.1) is 0 Å². The fourth-order valence-electron chi connectivity index (χ4n) is 2.79. The molecule has 0 bridgehead atoms. The van der Waals surface area contributed by atoms with E-state index in [1.807, 2.05) is 0 Å². The van der Waals surface area contributed by atoms with Crippen LogP contribution in [0.3, 0.4) is 0 Å². The van der Waals surface area contributed by atoms with E-state index in [1.54, 1.807) is 6.92 Å². The van der Waals surface area contributed by atoms with Crippen LogP contribution in [0.15, 0.2) is 48.5 Å². The number of rotatable bonds is 14. The molecule has 0 N–H and O–H groups in total. The van der Waals surface area contributed by atoms with Crippen LogP contribution in [-0.4, -0.2) is 60.8 Å². The lowest BCUT2D eigenvalue weighted by Crippen LogP contribution is -2.64. The van der Waals surface area contributed by atoms with Crippen LogP contribution in [-0.2, 0) is 9.47 Å². The Hall–Kier alpha value is -2.87. The smallest absolute Gasteiger partial charge is 0.460 e. The predicted octanol–water partition coefficient (Wildman–Crippen LogP) is 9.27. The van der Waals surface area contributed by atoms with Gasteiger partial charge < -0.3 is 9.47 Å². The van der Waals surface area contributed by atoms with Crippen molar-refractivity contribution in [3.05, 3.63) is 48.5 Å². The van der Waals surface area contributed by atoms with Gasteiger partial charge in [0.15, 0.2) is 0 Å². The minimum Gasteiger partial charge on any atom is -0.492 e. The quantitative estimate of drug-likeness (QED) is 0.146. The number of benzene rings is 2. The molecule has 0 saturated carbocycles. The van der Waals surface area contributed by atoms with Crippen molar-refractivity contribution in [3.8, 4) is 22.6 Å². The number of ether oxygens (including phenoxy) is 4. The Balaban J connectivity index is 2.14. The highest BCUT2D eigenvalue weighted by molar-refractivity contribution is 6.20. The fraction of sp³-hybridized carbons (Fsp3) is 0.478. The lowest BCUT2D eigenvalue weighted by molar-refractivity contribution is -0.547. The van der Waals surface area contributed by atoms with E-state index in [1.165, 1.54) is 29.0 Å². The monoisotopic (exact) mass is 694 g/mol. The summed E-state index contributed by atoms with van der Waals surface area (Å²) in [5, 5.41) is -0.305. The molecule has 0 aliphatic carbocycles. The van der Waals surface area contributed by atoms with Crippen molar-refractivity contribution in [2.45, 2.75) is 61.1 Å². The SMILES string of the molecule is C[C@H](Cl)COc1ccc(-c2ccc(OC(F)C(F)(F)OC(F)(F)C(F)(F)OC(F)(F)C(F)(F)C(F)(F)C(F)(F)F)cc2)cc1. The molecule has 0 aromatic heterocycles. The summed E-state index contributed by atoms with van der Waals surface area (Å²) in [7, 11) is 0. The first-order valence-corrected chi connectivity index (χ1v) is 11.6. The van der Waals surface area contributed by atoms with E-state index in [2.05, 4.69) is 9.47 Å². The maximum absolute atomic E-state index is 14.0. The molecule has 0 fully saturated rings. The lowest BCUT2D eigenvalue weighted by Gasteiger charge is -2.36. The zero-order chi connectivity index (χ0) is 34.2. The van der Waals surface area contributed by atoms with Crippen LogP contribution in [0.4, 0.5) is 70.2 Å². The van der Waals surface area contributed by atoms with Gasteiger partial charge in [-0.15, -0.1) is 11.6 Å². The highest BCUT2D eigenvalue weighted by Crippen LogP contribution is 2.56. The van der Waals surface area contributed by atoms with Crippen LogP contribution in [0.1, 0.15) is 6.92 Å².